The van der Waals surface area contributed by atoms with Crippen LogP contribution in [0.1, 0.15) is 31.7 Å². The molecule has 1 N–H and O–H groups in total. The molecule has 0 aliphatic carbocycles. The van der Waals surface area contributed by atoms with Crippen molar-refractivity contribution in [2.75, 3.05) is 14.2 Å². The van der Waals surface area contributed by atoms with Crippen molar-refractivity contribution in [1.82, 2.24) is 10.3 Å². The second-order valence-electron chi connectivity index (χ2n) is 5.27. The number of hydrazone groups is 1. The number of carbonyl (C=O) groups is 3. The van der Waals surface area contributed by atoms with Crippen molar-refractivity contribution in [2.24, 2.45) is 5.10 Å². The van der Waals surface area contributed by atoms with E-state index in [-0.39, 0.29) is 29.1 Å². The molecule has 1 aliphatic rings. The van der Waals surface area contributed by atoms with Gasteiger partial charge in [-0.2, -0.15) is 0 Å². The van der Waals surface area contributed by atoms with Crippen molar-refractivity contribution in [3.05, 3.63) is 17.7 Å². The monoisotopic (exact) mass is 381 g/mol. The van der Waals surface area contributed by atoms with E-state index in [2.05, 4.69) is 10.4 Å². The van der Waals surface area contributed by atoms with Gasteiger partial charge in [-0.1, -0.05) is 11.8 Å². The number of benzene rings is 1. The first kappa shape index (κ1) is 19.6. The van der Waals surface area contributed by atoms with E-state index in [9.17, 15) is 14.4 Å². The summed E-state index contributed by atoms with van der Waals surface area (Å²) in [6.07, 6.45) is 0. The third-order valence-electron chi connectivity index (χ3n) is 3.26. The number of esters is 1. The van der Waals surface area contributed by atoms with Gasteiger partial charge in [0.25, 0.3) is 0 Å². The molecule has 1 atom stereocenters. The lowest BCUT2D eigenvalue weighted by molar-refractivity contribution is -0.132. The summed E-state index contributed by atoms with van der Waals surface area (Å²) in [5, 5.41) is 7.71. The molecule has 1 aliphatic heterocycles. The minimum atomic E-state index is -0.538. The van der Waals surface area contributed by atoms with Crippen LogP contribution >= 0.6 is 11.8 Å². The summed E-state index contributed by atoms with van der Waals surface area (Å²) < 4.78 is 15.8. The van der Waals surface area contributed by atoms with Crippen LogP contribution in [0.25, 0.3) is 0 Å². The molecule has 9 nitrogen and oxygen atoms in total. The fourth-order valence-electron chi connectivity index (χ4n) is 2.27. The van der Waals surface area contributed by atoms with Gasteiger partial charge in [-0.15, -0.1) is 5.10 Å². The van der Waals surface area contributed by atoms with Crippen molar-refractivity contribution >= 4 is 34.7 Å². The van der Waals surface area contributed by atoms with Crippen molar-refractivity contribution in [3.63, 3.8) is 0 Å². The SMILES string of the molecule is COc1cc([C@H]2SC(NC(C)=O)=NN2C(C)=O)cc(OC)c1OC(C)=O. The zero-order chi connectivity index (χ0) is 19.4. The van der Waals surface area contributed by atoms with Gasteiger partial charge in [-0.05, 0) is 17.7 Å². The number of amidine groups is 1. The molecule has 0 bridgehead atoms. The third-order valence-corrected chi connectivity index (χ3v) is 4.37. The Morgan fingerprint density at radius 3 is 2.12 bits per heavy atom. The molecule has 140 valence electrons. The molecule has 1 aromatic rings. The predicted octanol–water partition coefficient (Wildman–Crippen LogP) is 1.63. The topological polar surface area (TPSA) is 107 Å². The van der Waals surface area contributed by atoms with Crippen molar-refractivity contribution in [1.29, 1.82) is 0 Å². The lowest BCUT2D eigenvalue weighted by atomic mass is 10.1. The van der Waals surface area contributed by atoms with Gasteiger partial charge < -0.3 is 19.5 Å². The van der Waals surface area contributed by atoms with E-state index >= 15 is 0 Å². The molecule has 0 fully saturated rings. The molecule has 0 saturated heterocycles. The molecule has 2 amide bonds. The van der Waals surface area contributed by atoms with Crippen molar-refractivity contribution in [2.45, 2.75) is 26.1 Å². The Morgan fingerprint density at radius 1 is 1.12 bits per heavy atom. The van der Waals surface area contributed by atoms with E-state index in [1.54, 1.807) is 12.1 Å². The second-order valence-corrected chi connectivity index (χ2v) is 6.34. The zero-order valence-corrected chi connectivity index (χ0v) is 15.8. The first-order valence-corrected chi connectivity index (χ1v) is 8.41. The van der Waals surface area contributed by atoms with E-state index in [4.69, 9.17) is 14.2 Å². The van der Waals surface area contributed by atoms with E-state index in [1.807, 2.05) is 0 Å². The molecule has 1 aromatic carbocycles. The Balaban J connectivity index is 2.45. The van der Waals surface area contributed by atoms with Gasteiger partial charge in [0.2, 0.25) is 17.6 Å². The van der Waals surface area contributed by atoms with Gasteiger partial charge in [0.05, 0.1) is 14.2 Å². The van der Waals surface area contributed by atoms with E-state index < -0.39 is 11.3 Å². The molecular weight excluding hydrogens is 362 g/mol. The Kier molecular flexibility index (Phi) is 6.09. The number of amides is 2. The van der Waals surface area contributed by atoms with Crippen LogP contribution in [0.3, 0.4) is 0 Å². The maximum absolute atomic E-state index is 11.9. The fraction of sp³-hybridized carbons (Fsp3) is 0.375. The van der Waals surface area contributed by atoms with Crippen LogP contribution in [0.15, 0.2) is 17.2 Å². The Bertz CT molecular complexity index is 754. The largest absolute Gasteiger partial charge is 0.493 e. The number of carbonyl (C=O) groups excluding carboxylic acids is 3. The third kappa shape index (κ3) is 4.26. The van der Waals surface area contributed by atoms with Gasteiger partial charge in [-0.3, -0.25) is 14.4 Å². The van der Waals surface area contributed by atoms with E-state index in [0.717, 1.165) is 0 Å². The highest BCUT2D eigenvalue weighted by Gasteiger charge is 2.34. The van der Waals surface area contributed by atoms with E-state index in [0.29, 0.717) is 10.7 Å². The predicted molar refractivity (Wildman–Crippen MR) is 95.0 cm³/mol. The summed E-state index contributed by atoms with van der Waals surface area (Å²) in [6.45, 7) is 3.99. The van der Waals surface area contributed by atoms with Crippen LogP contribution in [0.5, 0.6) is 17.2 Å². The highest BCUT2D eigenvalue weighted by molar-refractivity contribution is 8.14. The molecule has 26 heavy (non-hydrogen) atoms. The van der Waals surface area contributed by atoms with E-state index in [1.165, 1.54) is 51.8 Å². The number of nitrogens with zero attached hydrogens (tertiary/aromatic N) is 2. The molecule has 0 radical (unpaired) electrons. The van der Waals surface area contributed by atoms with Gasteiger partial charge in [0.15, 0.2) is 16.7 Å². The molecule has 0 spiro atoms. The Labute approximate surface area is 154 Å². The molecule has 0 aromatic heterocycles. The van der Waals surface area contributed by atoms with Crippen molar-refractivity contribution < 1.29 is 28.6 Å². The summed E-state index contributed by atoms with van der Waals surface area (Å²) in [5.74, 6) is -0.429. The van der Waals surface area contributed by atoms with Gasteiger partial charge in [0, 0.05) is 20.8 Å². The lowest BCUT2D eigenvalue weighted by Gasteiger charge is -2.21. The van der Waals surface area contributed by atoms with Crippen LogP contribution in [-0.2, 0) is 14.4 Å². The number of ether oxygens (including phenoxy) is 3. The first-order valence-electron chi connectivity index (χ1n) is 7.53. The van der Waals surface area contributed by atoms with Crippen LogP contribution < -0.4 is 19.5 Å². The maximum Gasteiger partial charge on any atom is 0.308 e. The average Bonchev–Trinajstić information content (AvgIpc) is 2.97. The highest BCUT2D eigenvalue weighted by atomic mass is 32.2. The number of methoxy groups -OCH3 is 2. The van der Waals surface area contributed by atoms with Crippen LogP contribution in [-0.4, -0.2) is 42.2 Å². The summed E-state index contributed by atoms with van der Waals surface area (Å²) in [7, 11) is 2.85. The standard InChI is InChI=1S/C16H19N3O6S/c1-8(20)17-16-18-19(9(2)21)15(26-16)11-6-12(23-4)14(25-10(3)22)13(7-11)24-5/h6-7,15H,1-5H3,(H,17,18,20)/t15-/m1/s1. The molecule has 1 heterocycles. The minimum absolute atomic E-state index is 0.145. The summed E-state index contributed by atoms with van der Waals surface area (Å²) >= 11 is 1.19. The molecule has 0 saturated carbocycles. The summed E-state index contributed by atoms with van der Waals surface area (Å²) in [4.78, 5) is 34.5. The highest BCUT2D eigenvalue weighted by Crippen LogP contribution is 2.45. The number of rotatable bonds is 4. The number of thioether (sulfide) groups is 1. The second kappa shape index (κ2) is 8.09. The maximum atomic E-state index is 11.9. The molecule has 10 heteroatoms. The quantitative estimate of drug-likeness (QED) is 0.624. The van der Waals surface area contributed by atoms with Gasteiger partial charge in [-0.25, -0.2) is 5.01 Å². The first-order chi connectivity index (χ1) is 12.3. The Morgan fingerprint density at radius 2 is 1.69 bits per heavy atom. The lowest BCUT2D eigenvalue weighted by Crippen LogP contribution is -2.25. The van der Waals surface area contributed by atoms with Crippen LogP contribution in [0.2, 0.25) is 0 Å². The van der Waals surface area contributed by atoms with Crippen LogP contribution in [0, 0.1) is 0 Å². The minimum Gasteiger partial charge on any atom is -0.493 e. The average molecular weight is 381 g/mol. The van der Waals surface area contributed by atoms with Gasteiger partial charge >= 0.3 is 5.97 Å². The van der Waals surface area contributed by atoms with Gasteiger partial charge in [0.1, 0.15) is 5.37 Å². The smallest absolute Gasteiger partial charge is 0.308 e. The number of hydrogen-bond acceptors (Lipinski definition) is 8. The summed E-state index contributed by atoms with van der Waals surface area (Å²) in [6, 6.07) is 3.25. The number of nitrogens with one attached hydrogen (secondary N) is 1. The van der Waals surface area contributed by atoms with Crippen LogP contribution in [0.4, 0.5) is 0 Å². The molecular formula is C16H19N3O6S. The molecule has 0 unspecified atom stereocenters. The summed E-state index contributed by atoms with van der Waals surface area (Å²) in [5.41, 5.74) is 0.624. The number of hydrogen-bond donors (Lipinski definition) is 1. The zero-order valence-electron chi connectivity index (χ0n) is 15.0. The Hall–Kier alpha value is -2.75. The molecule has 2 rings (SSSR count). The fourth-order valence-corrected chi connectivity index (χ4v) is 3.38. The normalized spacial score (nSPS) is 16.0. The van der Waals surface area contributed by atoms with Crippen molar-refractivity contribution in [3.8, 4) is 17.2 Å².